The zero-order valence-corrected chi connectivity index (χ0v) is 10.6. The van der Waals surface area contributed by atoms with E-state index in [0.29, 0.717) is 0 Å². The summed E-state index contributed by atoms with van der Waals surface area (Å²) >= 11 is 0. The van der Waals surface area contributed by atoms with E-state index in [9.17, 15) is 9.59 Å². The Bertz CT molecular complexity index is 479. The average molecular weight is 261 g/mol. The molecule has 0 fully saturated rings. The van der Waals surface area contributed by atoms with Gasteiger partial charge >= 0.3 is 12.1 Å². The van der Waals surface area contributed by atoms with Crippen LogP contribution in [-0.4, -0.2) is 18.7 Å². The monoisotopic (exact) mass is 261 g/mol. The number of carbonyl (C=O) groups is 2. The molecule has 0 heterocycles. The van der Waals surface area contributed by atoms with Gasteiger partial charge in [0.1, 0.15) is 0 Å². The Hall–Kier alpha value is -2.56. The second-order valence-electron chi connectivity index (χ2n) is 3.48. The number of ether oxygens (including phenoxy) is 1. The largest absolute Gasteiger partial charge is 0.448 e. The van der Waals surface area contributed by atoms with E-state index in [1.54, 1.807) is 13.0 Å². The van der Waals surface area contributed by atoms with E-state index in [4.69, 9.17) is 0 Å². The number of nitrogens with one attached hydrogen (secondary N) is 1. The van der Waals surface area contributed by atoms with Gasteiger partial charge in [-0.3, -0.25) is 0 Å². The van der Waals surface area contributed by atoms with Crippen molar-refractivity contribution in [3.05, 3.63) is 54.1 Å². The first kappa shape index (κ1) is 14.5. The van der Waals surface area contributed by atoms with Crippen LogP contribution in [0.3, 0.4) is 0 Å². The van der Waals surface area contributed by atoms with Crippen molar-refractivity contribution in [1.82, 2.24) is 5.48 Å². The van der Waals surface area contributed by atoms with Crippen molar-refractivity contribution < 1.29 is 19.2 Å². The van der Waals surface area contributed by atoms with Crippen molar-refractivity contribution in [2.75, 3.05) is 6.61 Å². The summed E-state index contributed by atoms with van der Waals surface area (Å²) in [5.41, 5.74) is 2.89. The Labute approximate surface area is 111 Å². The topological polar surface area (TPSA) is 64.6 Å². The SMILES string of the molecule is C=C(C=Cc1ccccc1)C(=O)ONC(=O)OCC. The van der Waals surface area contributed by atoms with Gasteiger partial charge in [0.2, 0.25) is 0 Å². The van der Waals surface area contributed by atoms with Crippen LogP contribution < -0.4 is 5.48 Å². The molecule has 0 saturated carbocycles. The van der Waals surface area contributed by atoms with Gasteiger partial charge in [-0.2, -0.15) is 0 Å². The molecular weight excluding hydrogens is 246 g/mol. The van der Waals surface area contributed by atoms with Crippen LogP contribution in [0.5, 0.6) is 0 Å². The minimum absolute atomic E-state index is 0.112. The maximum atomic E-state index is 11.4. The molecule has 1 N–H and O–H groups in total. The van der Waals surface area contributed by atoms with Crippen LogP contribution in [0.4, 0.5) is 4.79 Å². The second kappa shape index (κ2) is 7.71. The molecule has 1 rings (SSSR count). The number of carbonyl (C=O) groups excluding carboxylic acids is 2. The first-order chi connectivity index (χ1) is 9.13. The van der Waals surface area contributed by atoms with Gasteiger partial charge in [0.05, 0.1) is 12.2 Å². The van der Waals surface area contributed by atoms with Crippen LogP contribution in [0, 0.1) is 0 Å². The molecule has 0 aliphatic carbocycles. The van der Waals surface area contributed by atoms with E-state index < -0.39 is 12.1 Å². The summed E-state index contributed by atoms with van der Waals surface area (Å²) in [7, 11) is 0. The first-order valence-corrected chi connectivity index (χ1v) is 5.69. The summed E-state index contributed by atoms with van der Waals surface area (Å²) in [6.45, 7) is 5.37. The molecule has 5 nitrogen and oxygen atoms in total. The van der Waals surface area contributed by atoms with E-state index in [2.05, 4.69) is 16.2 Å². The zero-order valence-electron chi connectivity index (χ0n) is 10.6. The molecule has 0 aliphatic rings. The average Bonchev–Trinajstić information content (AvgIpc) is 2.43. The van der Waals surface area contributed by atoms with Crippen LogP contribution in [0.1, 0.15) is 12.5 Å². The summed E-state index contributed by atoms with van der Waals surface area (Å²) < 4.78 is 4.53. The van der Waals surface area contributed by atoms with Crippen molar-refractivity contribution in [3.63, 3.8) is 0 Å². The lowest BCUT2D eigenvalue weighted by atomic mass is 10.2. The van der Waals surface area contributed by atoms with Crippen LogP contribution >= 0.6 is 0 Å². The third-order valence-electron chi connectivity index (χ3n) is 2.04. The normalized spacial score (nSPS) is 9.95. The smallest absolute Gasteiger partial charge is 0.440 e. The van der Waals surface area contributed by atoms with Crippen LogP contribution in [-0.2, 0) is 14.4 Å². The van der Waals surface area contributed by atoms with Crippen molar-refractivity contribution >= 4 is 18.1 Å². The summed E-state index contributed by atoms with van der Waals surface area (Å²) in [5, 5.41) is 0. The van der Waals surface area contributed by atoms with Crippen LogP contribution in [0.15, 0.2) is 48.6 Å². The molecule has 1 aromatic carbocycles. The fraction of sp³-hybridized carbons (Fsp3) is 0.143. The summed E-state index contributed by atoms with van der Waals surface area (Å²) in [4.78, 5) is 26.8. The Morgan fingerprint density at radius 1 is 1.32 bits per heavy atom. The number of amides is 1. The number of hydroxylamine groups is 1. The van der Waals surface area contributed by atoms with Crippen molar-refractivity contribution in [3.8, 4) is 0 Å². The van der Waals surface area contributed by atoms with E-state index >= 15 is 0 Å². The quantitative estimate of drug-likeness (QED) is 0.513. The van der Waals surface area contributed by atoms with Crippen molar-refractivity contribution in [2.24, 2.45) is 0 Å². The van der Waals surface area contributed by atoms with Crippen LogP contribution in [0.25, 0.3) is 6.08 Å². The molecule has 100 valence electrons. The lowest BCUT2D eigenvalue weighted by Crippen LogP contribution is -2.28. The molecule has 0 atom stereocenters. The minimum atomic E-state index is -0.823. The fourth-order valence-electron chi connectivity index (χ4n) is 1.14. The minimum Gasteiger partial charge on any atom is -0.448 e. The van der Waals surface area contributed by atoms with E-state index in [-0.39, 0.29) is 12.2 Å². The Morgan fingerprint density at radius 3 is 2.63 bits per heavy atom. The second-order valence-corrected chi connectivity index (χ2v) is 3.48. The highest BCUT2D eigenvalue weighted by atomic mass is 16.7. The number of hydrogen-bond donors (Lipinski definition) is 1. The maximum absolute atomic E-state index is 11.4. The molecule has 0 aliphatic heterocycles. The Kier molecular flexibility index (Phi) is 5.88. The third-order valence-corrected chi connectivity index (χ3v) is 2.04. The zero-order chi connectivity index (χ0) is 14.1. The molecular formula is C14H15NO4. The van der Waals surface area contributed by atoms with Crippen molar-refractivity contribution in [2.45, 2.75) is 6.92 Å². The molecule has 1 amide bonds. The first-order valence-electron chi connectivity index (χ1n) is 5.69. The van der Waals surface area contributed by atoms with Gasteiger partial charge in [-0.25, -0.2) is 9.59 Å². The predicted octanol–water partition coefficient (Wildman–Crippen LogP) is 2.46. The van der Waals surface area contributed by atoms with Gasteiger partial charge in [-0.05, 0) is 18.6 Å². The molecule has 5 heteroatoms. The highest BCUT2D eigenvalue weighted by Crippen LogP contribution is 2.04. The van der Waals surface area contributed by atoms with E-state index in [1.165, 1.54) is 6.08 Å². The molecule has 0 aromatic heterocycles. The summed E-state index contributed by atoms with van der Waals surface area (Å²) in [5.74, 6) is -0.750. The van der Waals surface area contributed by atoms with Gasteiger partial charge in [-0.15, -0.1) is 5.48 Å². The lowest BCUT2D eigenvalue weighted by Gasteiger charge is -2.04. The summed E-state index contributed by atoms with van der Waals surface area (Å²) in [6.07, 6.45) is 2.40. The molecule has 0 unspecified atom stereocenters. The number of hydrogen-bond acceptors (Lipinski definition) is 4. The van der Waals surface area contributed by atoms with Gasteiger partial charge in [-0.1, -0.05) is 43.0 Å². The van der Waals surface area contributed by atoms with E-state index in [0.717, 1.165) is 5.56 Å². The third kappa shape index (κ3) is 5.54. The standard InChI is InChI=1S/C14H15NO4/c1-3-18-14(17)15-19-13(16)11(2)9-10-12-7-5-4-6-8-12/h4-10H,2-3H2,1H3,(H,15,17). The molecule has 1 aromatic rings. The number of rotatable bonds is 4. The molecule has 0 saturated heterocycles. The molecule has 0 bridgehead atoms. The lowest BCUT2D eigenvalue weighted by molar-refractivity contribution is -0.144. The highest BCUT2D eigenvalue weighted by Gasteiger charge is 2.08. The van der Waals surface area contributed by atoms with Gasteiger partial charge < -0.3 is 9.57 Å². The van der Waals surface area contributed by atoms with Gasteiger partial charge in [0.15, 0.2) is 0 Å². The van der Waals surface area contributed by atoms with Crippen molar-refractivity contribution in [1.29, 1.82) is 0 Å². The summed E-state index contributed by atoms with van der Waals surface area (Å²) in [6, 6.07) is 9.41. The maximum Gasteiger partial charge on any atom is 0.440 e. The molecule has 0 spiro atoms. The van der Waals surface area contributed by atoms with Gasteiger partial charge in [0.25, 0.3) is 0 Å². The Balaban J connectivity index is 2.43. The van der Waals surface area contributed by atoms with Gasteiger partial charge in [0, 0.05) is 0 Å². The van der Waals surface area contributed by atoms with Crippen LogP contribution in [0.2, 0.25) is 0 Å². The Morgan fingerprint density at radius 2 is 2.00 bits per heavy atom. The molecule has 0 radical (unpaired) electrons. The van der Waals surface area contributed by atoms with E-state index in [1.807, 2.05) is 35.8 Å². The predicted molar refractivity (Wildman–Crippen MR) is 70.9 cm³/mol. The highest BCUT2D eigenvalue weighted by molar-refractivity contribution is 5.92. The number of benzene rings is 1. The molecule has 19 heavy (non-hydrogen) atoms. The fourth-order valence-corrected chi connectivity index (χ4v) is 1.14.